The third-order valence-corrected chi connectivity index (χ3v) is 4.60. The quantitative estimate of drug-likeness (QED) is 0.828. The Hall–Kier alpha value is -2.01. The van der Waals surface area contributed by atoms with Crippen LogP contribution in [0.25, 0.3) is 0 Å². The highest BCUT2D eigenvalue weighted by molar-refractivity contribution is 7.91. The van der Waals surface area contributed by atoms with E-state index in [1.807, 2.05) is 0 Å². The minimum absolute atomic E-state index is 0.0906. The number of hydrogen-bond acceptors (Lipinski definition) is 4. The van der Waals surface area contributed by atoms with Crippen molar-refractivity contribution in [1.29, 1.82) is 0 Å². The second-order valence-corrected chi connectivity index (χ2v) is 6.35. The number of aromatic hydroxyl groups is 2. The average Bonchev–Trinajstić information content (AvgIpc) is 2.33. The Balaban J connectivity index is 2.70. The van der Waals surface area contributed by atoms with Crippen LogP contribution < -0.4 is 0 Å². The van der Waals surface area contributed by atoms with E-state index in [2.05, 4.69) is 0 Å². The second-order valence-electron chi connectivity index (χ2n) is 4.43. The fraction of sp³-hybridized carbons (Fsp3) is 0.143. The fourth-order valence-electron chi connectivity index (χ4n) is 1.84. The molecule has 0 radical (unpaired) electrons. The van der Waals surface area contributed by atoms with Crippen molar-refractivity contribution in [1.82, 2.24) is 0 Å². The molecule has 0 spiro atoms. The highest BCUT2D eigenvalue weighted by Gasteiger charge is 2.23. The van der Waals surface area contributed by atoms with Crippen LogP contribution >= 0.6 is 0 Å². The van der Waals surface area contributed by atoms with E-state index in [-0.39, 0.29) is 21.3 Å². The Kier molecular flexibility index (Phi) is 3.24. The summed E-state index contributed by atoms with van der Waals surface area (Å²) in [5.41, 5.74) is 1.11. The monoisotopic (exact) mass is 278 g/mol. The average molecular weight is 278 g/mol. The first-order valence-corrected chi connectivity index (χ1v) is 7.15. The van der Waals surface area contributed by atoms with Gasteiger partial charge in [-0.05, 0) is 43.2 Å². The van der Waals surface area contributed by atoms with E-state index in [9.17, 15) is 18.6 Å². The Morgan fingerprint density at radius 1 is 1.00 bits per heavy atom. The lowest BCUT2D eigenvalue weighted by Gasteiger charge is -2.10. The third kappa shape index (κ3) is 2.42. The van der Waals surface area contributed by atoms with Crippen molar-refractivity contribution in [2.24, 2.45) is 0 Å². The first kappa shape index (κ1) is 13.4. The Morgan fingerprint density at radius 2 is 1.68 bits per heavy atom. The zero-order valence-electron chi connectivity index (χ0n) is 10.6. The van der Waals surface area contributed by atoms with E-state index in [1.54, 1.807) is 19.1 Å². The molecule has 0 saturated carbocycles. The molecule has 2 rings (SSSR count). The standard InChI is InChI=1S/C14H14O4S/c1-9-4-3-5-12(6-9)19(17,18)13-8-11(15)7-10(2)14(13)16/h3-8,15-16H,1-2H3. The number of phenolic OH excluding ortho intramolecular Hbond substituents is 2. The Bertz CT molecular complexity index is 733. The highest BCUT2D eigenvalue weighted by atomic mass is 32.2. The predicted molar refractivity (Wildman–Crippen MR) is 71.1 cm³/mol. The molecule has 2 aromatic carbocycles. The van der Waals surface area contributed by atoms with Gasteiger partial charge in [-0.15, -0.1) is 0 Å². The Morgan fingerprint density at radius 3 is 2.32 bits per heavy atom. The summed E-state index contributed by atoms with van der Waals surface area (Å²) in [7, 11) is -3.85. The number of hydrogen-bond donors (Lipinski definition) is 2. The highest BCUT2D eigenvalue weighted by Crippen LogP contribution is 2.34. The van der Waals surface area contributed by atoms with Crippen molar-refractivity contribution in [3.8, 4) is 11.5 Å². The lowest BCUT2D eigenvalue weighted by Crippen LogP contribution is -2.03. The van der Waals surface area contributed by atoms with Gasteiger partial charge in [0.25, 0.3) is 0 Å². The molecule has 0 saturated heterocycles. The molecule has 0 aliphatic carbocycles. The van der Waals surface area contributed by atoms with E-state index in [1.165, 1.54) is 25.1 Å². The minimum Gasteiger partial charge on any atom is -0.508 e. The minimum atomic E-state index is -3.85. The van der Waals surface area contributed by atoms with Crippen LogP contribution in [0.2, 0.25) is 0 Å². The molecule has 5 heteroatoms. The molecule has 0 aliphatic rings. The van der Waals surface area contributed by atoms with Crippen LogP contribution in [0.1, 0.15) is 11.1 Å². The molecule has 100 valence electrons. The second kappa shape index (κ2) is 4.59. The molecular weight excluding hydrogens is 264 g/mol. The molecule has 0 amide bonds. The summed E-state index contributed by atoms with van der Waals surface area (Å²) in [6, 6.07) is 8.77. The van der Waals surface area contributed by atoms with Gasteiger partial charge in [-0.3, -0.25) is 0 Å². The van der Waals surface area contributed by atoms with Gasteiger partial charge >= 0.3 is 0 Å². The van der Waals surface area contributed by atoms with Crippen molar-refractivity contribution >= 4 is 9.84 Å². The maximum absolute atomic E-state index is 12.4. The van der Waals surface area contributed by atoms with Gasteiger partial charge in [-0.1, -0.05) is 12.1 Å². The van der Waals surface area contributed by atoms with Crippen LogP contribution in [0.5, 0.6) is 11.5 Å². The van der Waals surface area contributed by atoms with Gasteiger partial charge in [0, 0.05) is 6.07 Å². The summed E-state index contributed by atoms with van der Waals surface area (Å²) in [5, 5.41) is 19.4. The van der Waals surface area contributed by atoms with Crippen LogP contribution in [0.3, 0.4) is 0 Å². The Labute approximate surface area is 111 Å². The fourth-order valence-corrected chi connectivity index (χ4v) is 3.39. The van der Waals surface area contributed by atoms with Crippen LogP contribution in [-0.4, -0.2) is 18.6 Å². The molecule has 2 N–H and O–H groups in total. The molecule has 0 atom stereocenters. The summed E-state index contributed by atoms with van der Waals surface area (Å²) in [5.74, 6) is -0.527. The zero-order valence-corrected chi connectivity index (χ0v) is 11.4. The summed E-state index contributed by atoms with van der Waals surface area (Å²) < 4.78 is 24.9. The van der Waals surface area contributed by atoms with E-state index in [0.717, 1.165) is 11.6 Å². The number of aryl methyl sites for hydroxylation is 2. The topological polar surface area (TPSA) is 74.6 Å². The number of benzene rings is 2. The van der Waals surface area contributed by atoms with Crippen molar-refractivity contribution in [3.05, 3.63) is 47.5 Å². The molecule has 0 bridgehead atoms. The van der Waals surface area contributed by atoms with Gasteiger partial charge in [0.05, 0.1) is 4.90 Å². The first-order valence-electron chi connectivity index (χ1n) is 5.66. The number of phenols is 2. The third-order valence-electron chi connectivity index (χ3n) is 2.84. The van der Waals surface area contributed by atoms with Gasteiger partial charge in [-0.25, -0.2) is 8.42 Å². The molecule has 4 nitrogen and oxygen atoms in total. The molecular formula is C14H14O4S. The summed E-state index contributed by atoms with van der Waals surface area (Å²) in [6.07, 6.45) is 0. The zero-order chi connectivity index (χ0) is 14.2. The SMILES string of the molecule is Cc1cccc(S(=O)(=O)c2cc(O)cc(C)c2O)c1. The van der Waals surface area contributed by atoms with E-state index >= 15 is 0 Å². The van der Waals surface area contributed by atoms with Crippen molar-refractivity contribution in [3.63, 3.8) is 0 Å². The van der Waals surface area contributed by atoms with Crippen LogP contribution in [-0.2, 0) is 9.84 Å². The first-order chi connectivity index (χ1) is 8.82. The smallest absolute Gasteiger partial charge is 0.210 e. The molecule has 0 fully saturated rings. The predicted octanol–water partition coefficient (Wildman–Crippen LogP) is 2.55. The maximum atomic E-state index is 12.4. The van der Waals surface area contributed by atoms with Gasteiger partial charge in [0.2, 0.25) is 9.84 Å². The van der Waals surface area contributed by atoms with Crippen LogP contribution in [0, 0.1) is 13.8 Å². The summed E-state index contributed by atoms with van der Waals surface area (Å²) in [4.78, 5) is -0.191. The lowest BCUT2D eigenvalue weighted by atomic mass is 10.2. The normalized spacial score (nSPS) is 11.5. The van der Waals surface area contributed by atoms with Crippen LogP contribution in [0.15, 0.2) is 46.2 Å². The number of rotatable bonds is 2. The number of sulfone groups is 1. The molecule has 19 heavy (non-hydrogen) atoms. The molecule has 0 heterocycles. The van der Waals surface area contributed by atoms with Crippen molar-refractivity contribution < 1.29 is 18.6 Å². The lowest BCUT2D eigenvalue weighted by molar-refractivity contribution is 0.441. The largest absolute Gasteiger partial charge is 0.508 e. The van der Waals surface area contributed by atoms with Crippen LogP contribution in [0.4, 0.5) is 0 Å². The van der Waals surface area contributed by atoms with Crippen molar-refractivity contribution in [2.75, 3.05) is 0 Å². The van der Waals surface area contributed by atoms with E-state index in [0.29, 0.717) is 5.56 Å². The van der Waals surface area contributed by atoms with Gasteiger partial charge in [-0.2, -0.15) is 0 Å². The van der Waals surface area contributed by atoms with Gasteiger partial charge in [0.1, 0.15) is 16.4 Å². The maximum Gasteiger partial charge on any atom is 0.210 e. The molecule has 2 aromatic rings. The summed E-state index contributed by atoms with van der Waals surface area (Å²) >= 11 is 0. The molecule has 0 aliphatic heterocycles. The molecule has 0 unspecified atom stereocenters. The molecule has 0 aromatic heterocycles. The van der Waals surface area contributed by atoms with Gasteiger partial charge in [0.15, 0.2) is 0 Å². The van der Waals surface area contributed by atoms with E-state index in [4.69, 9.17) is 0 Å². The summed E-state index contributed by atoms with van der Waals surface area (Å²) in [6.45, 7) is 3.32. The van der Waals surface area contributed by atoms with Crippen molar-refractivity contribution in [2.45, 2.75) is 23.6 Å². The van der Waals surface area contributed by atoms with Gasteiger partial charge < -0.3 is 10.2 Å². The van der Waals surface area contributed by atoms with E-state index < -0.39 is 9.84 Å².